The van der Waals surface area contributed by atoms with Crippen molar-refractivity contribution in [3.05, 3.63) is 12.7 Å². The summed E-state index contributed by atoms with van der Waals surface area (Å²) in [5.74, 6) is -0.151. The number of hydrogen-bond donors (Lipinski definition) is 0. The molecule has 0 spiro atoms. The summed E-state index contributed by atoms with van der Waals surface area (Å²) in [4.78, 5) is 27.9. The Bertz CT molecular complexity index is 491. The normalized spacial score (nSPS) is 18.9. The number of hydrogen-bond acceptors (Lipinski definition) is 4. The predicted molar refractivity (Wildman–Crippen MR) is 91.7 cm³/mol. The van der Waals surface area contributed by atoms with E-state index in [2.05, 4.69) is 6.58 Å². The molecule has 6 nitrogen and oxygen atoms in total. The molecule has 1 aliphatic heterocycles. The van der Waals surface area contributed by atoms with Crippen molar-refractivity contribution in [1.82, 2.24) is 9.80 Å². The Balaban J connectivity index is 2.82. The number of carbonyl (C=O) groups excluding carboxylic acids is 2. The van der Waals surface area contributed by atoms with Crippen molar-refractivity contribution in [3.63, 3.8) is 0 Å². The molecule has 0 bridgehead atoms. The van der Waals surface area contributed by atoms with E-state index in [1.165, 1.54) is 4.90 Å². The van der Waals surface area contributed by atoms with Crippen LogP contribution in [0, 0.1) is 0 Å². The van der Waals surface area contributed by atoms with Gasteiger partial charge >= 0.3 is 6.09 Å². The first-order chi connectivity index (χ1) is 10.5. The van der Waals surface area contributed by atoms with E-state index in [4.69, 9.17) is 4.74 Å². The average molecular weight is 344 g/mol. The average Bonchev–Trinajstić information content (AvgIpc) is 2.44. The highest BCUT2D eigenvalue weighted by Gasteiger charge is 2.47. The second kappa shape index (κ2) is 7.47. The molecule has 0 aromatic heterocycles. The van der Waals surface area contributed by atoms with Crippen LogP contribution in [-0.2, 0) is 20.3 Å². The van der Waals surface area contributed by atoms with Crippen molar-refractivity contribution in [2.24, 2.45) is 0 Å². The van der Waals surface area contributed by atoms with Crippen molar-refractivity contribution < 1.29 is 18.5 Å². The van der Waals surface area contributed by atoms with E-state index >= 15 is 0 Å². The lowest BCUT2D eigenvalue weighted by Crippen LogP contribution is -2.57. The highest BCUT2D eigenvalue weighted by Crippen LogP contribution is 2.30. The first-order valence-electron chi connectivity index (χ1n) is 7.71. The molecule has 7 heteroatoms. The molecule has 0 aliphatic carbocycles. The second-order valence-electron chi connectivity index (χ2n) is 6.89. The molecule has 0 aromatic carbocycles. The van der Waals surface area contributed by atoms with E-state index < -0.39 is 21.1 Å². The van der Waals surface area contributed by atoms with Crippen LogP contribution in [0.1, 0.15) is 33.6 Å². The number of likely N-dealkylation sites (tertiary alicyclic amines) is 1. The largest absolute Gasteiger partial charge is 0.444 e. The molecule has 0 aromatic rings. The fourth-order valence-electron chi connectivity index (χ4n) is 2.63. The molecule has 1 heterocycles. The molecular weight excluding hydrogens is 316 g/mol. The Morgan fingerprint density at radius 1 is 1.35 bits per heavy atom. The van der Waals surface area contributed by atoms with Crippen LogP contribution in [-0.4, -0.2) is 69.3 Å². The Morgan fingerprint density at radius 3 is 2.26 bits per heavy atom. The van der Waals surface area contributed by atoms with Crippen molar-refractivity contribution in [2.75, 3.05) is 32.9 Å². The van der Waals surface area contributed by atoms with Gasteiger partial charge in [-0.2, -0.15) is 0 Å². The Hall–Kier alpha value is -1.37. The second-order valence-corrected chi connectivity index (χ2v) is 8.58. The van der Waals surface area contributed by atoms with Crippen molar-refractivity contribution in [3.8, 4) is 0 Å². The zero-order chi connectivity index (χ0) is 17.8. The maximum absolute atomic E-state index is 12.7. The number of amides is 2. The van der Waals surface area contributed by atoms with Crippen LogP contribution in [0.25, 0.3) is 0 Å². The lowest BCUT2D eigenvalue weighted by molar-refractivity contribution is -0.133. The van der Waals surface area contributed by atoms with Gasteiger partial charge in [0.15, 0.2) is 0 Å². The van der Waals surface area contributed by atoms with E-state index in [-0.39, 0.29) is 12.0 Å². The molecule has 23 heavy (non-hydrogen) atoms. The van der Waals surface area contributed by atoms with Crippen molar-refractivity contribution in [1.29, 1.82) is 0 Å². The number of piperidine rings is 1. The maximum Gasteiger partial charge on any atom is 0.410 e. The molecule has 0 unspecified atom stereocenters. The zero-order valence-corrected chi connectivity index (χ0v) is 15.6. The Kier molecular flexibility index (Phi) is 6.39. The zero-order valence-electron chi connectivity index (χ0n) is 14.8. The van der Waals surface area contributed by atoms with Gasteiger partial charge in [-0.05, 0) is 33.6 Å². The quantitative estimate of drug-likeness (QED) is 0.729. The van der Waals surface area contributed by atoms with E-state index in [1.54, 1.807) is 24.3 Å². The van der Waals surface area contributed by atoms with E-state index in [1.807, 2.05) is 20.8 Å². The van der Waals surface area contributed by atoms with Gasteiger partial charge in [-0.1, -0.05) is 6.08 Å². The molecule has 132 valence electrons. The van der Waals surface area contributed by atoms with Crippen LogP contribution < -0.4 is 0 Å². The van der Waals surface area contributed by atoms with Crippen LogP contribution in [0.3, 0.4) is 0 Å². The number of likely N-dealkylation sites (N-methyl/N-ethyl adjacent to an activating group) is 1. The van der Waals surface area contributed by atoms with Gasteiger partial charge in [0.1, 0.15) is 10.3 Å². The monoisotopic (exact) mass is 344 g/mol. The molecule has 2 amide bonds. The lowest BCUT2D eigenvalue weighted by Gasteiger charge is -2.41. The van der Waals surface area contributed by atoms with Crippen LogP contribution in [0.2, 0.25) is 0 Å². The molecule has 1 aliphatic rings. The molecule has 0 N–H and O–H groups in total. The summed E-state index contributed by atoms with van der Waals surface area (Å²) in [5, 5.41) is 0. The van der Waals surface area contributed by atoms with Gasteiger partial charge in [-0.25, -0.2) is 4.79 Å². The molecule has 1 fully saturated rings. The van der Waals surface area contributed by atoms with Gasteiger partial charge in [0.05, 0.1) is 0 Å². The SMILES string of the molecule is C=CCN(C)C(=O)C1([S@](C)=O)CCN(C(=O)OC(C)(C)C)CC1. The minimum Gasteiger partial charge on any atom is -0.444 e. The Morgan fingerprint density at radius 2 is 1.87 bits per heavy atom. The van der Waals surface area contributed by atoms with Gasteiger partial charge < -0.3 is 14.5 Å². The molecule has 1 atom stereocenters. The number of nitrogens with zero attached hydrogens (tertiary/aromatic N) is 2. The maximum atomic E-state index is 12.7. The summed E-state index contributed by atoms with van der Waals surface area (Å²) in [7, 11) is 0.363. The fraction of sp³-hybridized carbons (Fsp3) is 0.750. The first kappa shape index (κ1) is 19.7. The standard InChI is InChI=1S/C16H28N2O4S/c1-7-10-17(5)13(19)16(23(6)21)8-11-18(12-9-16)14(20)22-15(2,3)4/h7H,1,8-12H2,2-6H3/t23-/m0/s1. The van der Waals surface area contributed by atoms with Crippen LogP contribution in [0.15, 0.2) is 12.7 Å². The third-order valence-corrected chi connectivity index (χ3v) is 5.60. The Labute approximate surface area is 141 Å². The van der Waals surface area contributed by atoms with Gasteiger partial charge in [0.25, 0.3) is 0 Å². The molecule has 0 saturated carbocycles. The number of carbonyl (C=O) groups is 2. The fourth-order valence-corrected chi connectivity index (χ4v) is 3.78. The van der Waals surface area contributed by atoms with Crippen LogP contribution in [0.4, 0.5) is 4.79 Å². The van der Waals surface area contributed by atoms with Gasteiger partial charge in [0, 0.05) is 43.7 Å². The molecule has 1 saturated heterocycles. The van der Waals surface area contributed by atoms with E-state index in [9.17, 15) is 13.8 Å². The molecule has 0 radical (unpaired) electrons. The molecular formula is C16H28N2O4S. The lowest BCUT2D eigenvalue weighted by atomic mass is 9.94. The van der Waals surface area contributed by atoms with Crippen LogP contribution in [0.5, 0.6) is 0 Å². The third-order valence-electron chi connectivity index (χ3n) is 3.91. The predicted octanol–water partition coefficient (Wildman–Crippen LogP) is 1.78. The molecule has 1 rings (SSSR count). The highest BCUT2D eigenvalue weighted by atomic mass is 32.2. The summed E-state index contributed by atoms with van der Waals surface area (Å²) in [6.07, 6.45) is 3.55. The van der Waals surface area contributed by atoms with Gasteiger partial charge in [0.2, 0.25) is 5.91 Å². The smallest absolute Gasteiger partial charge is 0.410 e. The third kappa shape index (κ3) is 4.80. The van der Waals surface area contributed by atoms with Crippen molar-refractivity contribution >= 4 is 22.8 Å². The number of rotatable bonds is 4. The van der Waals surface area contributed by atoms with E-state index in [0.717, 1.165) is 0 Å². The van der Waals surface area contributed by atoms with Crippen molar-refractivity contribution in [2.45, 2.75) is 44.0 Å². The topological polar surface area (TPSA) is 66.9 Å². The van der Waals surface area contributed by atoms with Gasteiger partial charge in [-0.3, -0.25) is 9.00 Å². The van der Waals surface area contributed by atoms with Crippen LogP contribution >= 0.6 is 0 Å². The summed E-state index contributed by atoms with van der Waals surface area (Å²) in [5.41, 5.74) is -0.556. The summed E-state index contributed by atoms with van der Waals surface area (Å²) < 4.78 is 16.7. The van der Waals surface area contributed by atoms with E-state index in [0.29, 0.717) is 32.5 Å². The summed E-state index contributed by atoms with van der Waals surface area (Å²) in [6.45, 7) is 10.2. The van der Waals surface area contributed by atoms with Gasteiger partial charge in [-0.15, -0.1) is 6.58 Å². The summed E-state index contributed by atoms with van der Waals surface area (Å²) >= 11 is 0. The minimum absolute atomic E-state index is 0.151. The number of ether oxygens (including phenoxy) is 1. The highest BCUT2D eigenvalue weighted by molar-refractivity contribution is 7.86. The first-order valence-corrected chi connectivity index (χ1v) is 9.27. The summed E-state index contributed by atoms with van der Waals surface area (Å²) in [6, 6.07) is 0. The minimum atomic E-state index is -1.32.